The Morgan fingerprint density at radius 3 is 2.38 bits per heavy atom. The van der Waals surface area contributed by atoms with Crippen LogP contribution in [0.3, 0.4) is 0 Å². The van der Waals surface area contributed by atoms with E-state index < -0.39 is 0 Å². The molecule has 1 unspecified atom stereocenters. The van der Waals surface area contributed by atoms with Crippen molar-refractivity contribution in [2.45, 2.75) is 37.7 Å². The second-order valence-corrected chi connectivity index (χ2v) is 6.64. The maximum Gasteiger partial charge on any atom is 0.0696 e. The van der Waals surface area contributed by atoms with Crippen molar-refractivity contribution in [2.75, 3.05) is 32.7 Å². The van der Waals surface area contributed by atoms with Gasteiger partial charge < -0.3 is 15.3 Å². The topological polar surface area (TPSA) is 35.5 Å². The molecule has 2 saturated heterocycles. The minimum Gasteiger partial charge on any atom is -0.392 e. The average molecular weight is 288 g/mol. The molecule has 0 saturated carbocycles. The first-order valence-corrected chi connectivity index (χ1v) is 8.49. The van der Waals surface area contributed by atoms with Crippen LogP contribution in [0, 0.1) is 5.92 Å². The number of piperidine rings is 2. The summed E-state index contributed by atoms with van der Waals surface area (Å²) in [4.78, 5) is 2.46. The smallest absolute Gasteiger partial charge is 0.0696 e. The Bertz CT molecular complexity index is 408. The largest absolute Gasteiger partial charge is 0.392 e. The fourth-order valence-electron chi connectivity index (χ4n) is 3.82. The van der Waals surface area contributed by atoms with Crippen LogP contribution >= 0.6 is 0 Å². The van der Waals surface area contributed by atoms with Crippen LogP contribution in [-0.2, 0) is 0 Å². The van der Waals surface area contributed by atoms with Gasteiger partial charge >= 0.3 is 0 Å². The first-order valence-electron chi connectivity index (χ1n) is 8.49. The van der Waals surface area contributed by atoms with E-state index in [1.54, 1.807) is 0 Å². The quantitative estimate of drug-likeness (QED) is 0.892. The molecule has 3 nitrogen and oxygen atoms in total. The molecule has 3 heteroatoms. The molecule has 0 spiro atoms. The first-order chi connectivity index (χ1) is 10.3. The summed E-state index contributed by atoms with van der Waals surface area (Å²) in [6.07, 6.45) is 4.57. The molecule has 2 heterocycles. The third kappa shape index (κ3) is 4.06. The van der Waals surface area contributed by atoms with Gasteiger partial charge in [-0.25, -0.2) is 0 Å². The molecule has 0 radical (unpaired) electrons. The summed E-state index contributed by atoms with van der Waals surface area (Å²) in [5, 5.41) is 13.8. The molecule has 0 bridgehead atoms. The van der Waals surface area contributed by atoms with Crippen molar-refractivity contribution in [1.29, 1.82) is 0 Å². The van der Waals surface area contributed by atoms with Crippen molar-refractivity contribution in [2.24, 2.45) is 5.92 Å². The predicted molar refractivity (Wildman–Crippen MR) is 86.5 cm³/mol. The second-order valence-electron chi connectivity index (χ2n) is 6.64. The fourth-order valence-corrected chi connectivity index (χ4v) is 3.82. The zero-order valence-electron chi connectivity index (χ0n) is 12.9. The molecule has 0 aromatic heterocycles. The van der Waals surface area contributed by atoms with Crippen molar-refractivity contribution in [1.82, 2.24) is 10.2 Å². The van der Waals surface area contributed by atoms with Gasteiger partial charge in [-0.1, -0.05) is 30.3 Å². The van der Waals surface area contributed by atoms with Gasteiger partial charge in [-0.15, -0.1) is 0 Å². The second kappa shape index (κ2) is 7.39. The van der Waals surface area contributed by atoms with Gasteiger partial charge in [-0.3, -0.25) is 0 Å². The predicted octanol–water partition coefficient (Wildman–Crippen LogP) is 2.23. The highest BCUT2D eigenvalue weighted by molar-refractivity contribution is 5.20. The Hall–Kier alpha value is -0.900. The Labute approximate surface area is 128 Å². The lowest BCUT2D eigenvalue weighted by Crippen LogP contribution is -2.43. The van der Waals surface area contributed by atoms with E-state index in [0.29, 0.717) is 11.8 Å². The number of β-amino-alcohol motifs (C(OH)–C–C–N with tert-alkyl or cyclic N) is 1. The van der Waals surface area contributed by atoms with Crippen LogP contribution < -0.4 is 5.32 Å². The van der Waals surface area contributed by atoms with Crippen LogP contribution in [-0.4, -0.2) is 48.8 Å². The highest BCUT2D eigenvalue weighted by Gasteiger charge is 2.26. The molecular formula is C18H28N2O. The van der Waals surface area contributed by atoms with Gasteiger partial charge in [-0.2, -0.15) is 0 Å². The summed E-state index contributed by atoms with van der Waals surface area (Å²) in [6.45, 7) is 5.25. The standard InChI is InChI=1S/C18H28N2O/c21-18(17-6-10-19-11-7-17)14-20-12-8-16(9-13-20)15-4-2-1-3-5-15/h1-5,16-19,21H,6-14H2. The molecule has 116 valence electrons. The van der Waals surface area contributed by atoms with Crippen molar-refractivity contribution < 1.29 is 5.11 Å². The number of hydrogen-bond donors (Lipinski definition) is 2. The molecule has 0 amide bonds. The van der Waals surface area contributed by atoms with Crippen LogP contribution in [0.1, 0.15) is 37.2 Å². The minimum atomic E-state index is -0.139. The summed E-state index contributed by atoms with van der Waals surface area (Å²) in [5.41, 5.74) is 1.48. The molecule has 21 heavy (non-hydrogen) atoms. The minimum absolute atomic E-state index is 0.139. The van der Waals surface area contributed by atoms with E-state index in [9.17, 15) is 5.11 Å². The van der Waals surface area contributed by atoms with E-state index >= 15 is 0 Å². The Morgan fingerprint density at radius 2 is 1.71 bits per heavy atom. The lowest BCUT2D eigenvalue weighted by atomic mass is 9.88. The first kappa shape index (κ1) is 15.0. The highest BCUT2D eigenvalue weighted by Crippen LogP contribution is 2.28. The summed E-state index contributed by atoms with van der Waals surface area (Å²) in [6, 6.07) is 10.9. The molecule has 1 aromatic rings. The lowest BCUT2D eigenvalue weighted by Gasteiger charge is -2.36. The van der Waals surface area contributed by atoms with Crippen LogP contribution in [0.15, 0.2) is 30.3 Å². The fraction of sp³-hybridized carbons (Fsp3) is 0.667. The van der Waals surface area contributed by atoms with Gasteiger partial charge in [-0.05, 0) is 69.3 Å². The van der Waals surface area contributed by atoms with Crippen LogP contribution in [0.4, 0.5) is 0 Å². The summed E-state index contributed by atoms with van der Waals surface area (Å²) in [5.74, 6) is 1.21. The molecule has 1 aromatic carbocycles. The van der Waals surface area contributed by atoms with E-state index in [-0.39, 0.29) is 6.10 Å². The van der Waals surface area contributed by atoms with E-state index in [4.69, 9.17) is 0 Å². The number of nitrogens with zero attached hydrogens (tertiary/aromatic N) is 1. The van der Waals surface area contributed by atoms with Gasteiger partial charge in [0.1, 0.15) is 0 Å². The molecule has 3 rings (SSSR count). The summed E-state index contributed by atoms with van der Waals surface area (Å²) < 4.78 is 0. The van der Waals surface area contributed by atoms with Gasteiger partial charge in [0.2, 0.25) is 0 Å². The molecule has 0 aliphatic carbocycles. The van der Waals surface area contributed by atoms with E-state index in [0.717, 1.165) is 45.6 Å². The highest BCUT2D eigenvalue weighted by atomic mass is 16.3. The zero-order valence-corrected chi connectivity index (χ0v) is 12.9. The molecule has 1 atom stereocenters. The third-order valence-electron chi connectivity index (χ3n) is 5.23. The Balaban J connectivity index is 1.45. The normalized spacial score (nSPS) is 24.0. The van der Waals surface area contributed by atoms with Gasteiger partial charge in [0.25, 0.3) is 0 Å². The number of aliphatic hydroxyl groups excluding tert-OH is 1. The number of benzene rings is 1. The SMILES string of the molecule is OC(CN1CCC(c2ccccc2)CC1)C1CCNCC1. The third-order valence-corrected chi connectivity index (χ3v) is 5.23. The maximum absolute atomic E-state index is 10.4. The van der Waals surface area contributed by atoms with Gasteiger partial charge in [0, 0.05) is 6.54 Å². The zero-order chi connectivity index (χ0) is 14.5. The number of likely N-dealkylation sites (tertiary alicyclic amines) is 1. The summed E-state index contributed by atoms with van der Waals surface area (Å²) in [7, 11) is 0. The number of hydrogen-bond acceptors (Lipinski definition) is 3. The maximum atomic E-state index is 10.4. The van der Waals surface area contributed by atoms with Crippen molar-refractivity contribution in [3.63, 3.8) is 0 Å². The van der Waals surface area contributed by atoms with Crippen molar-refractivity contribution in [3.05, 3.63) is 35.9 Å². The number of aliphatic hydroxyl groups is 1. The molecule has 2 fully saturated rings. The molecular weight excluding hydrogens is 260 g/mol. The number of nitrogens with one attached hydrogen (secondary N) is 1. The molecule has 2 N–H and O–H groups in total. The van der Waals surface area contributed by atoms with E-state index in [2.05, 4.69) is 40.5 Å². The monoisotopic (exact) mass is 288 g/mol. The van der Waals surface area contributed by atoms with Crippen LogP contribution in [0.5, 0.6) is 0 Å². The van der Waals surface area contributed by atoms with E-state index in [1.165, 1.54) is 18.4 Å². The van der Waals surface area contributed by atoms with E-state index in [1.807, 2.05) is 0 Å². The van der Waals surface area contributed by atoms with Crippen molar-refractivity contribution >= 4 is 0 Å². The molecule has 2 aliphatic heterocycles. The Morgan fingerprint density at radius 1 is 1.05 bits per heavy atom. The molecule has 2 aliphatic rings. The van der Waals surface area contributed by atoms with Crippen LogP contribution in [0.25, 0.3) is 0 Å². The Kier molecular flexibility index (Phi) is 5.28. The average Bonchev–Trinajstić information content (AvgIpc) is 2.57. The number of rotatable bonds is 4. The van der Waals surface area contributed by atoms with Crippen LogP contribution in [0.2, 0.25) is 0 Å². The summed E-state index contributed by atoms with van der Waals surface area (Å²) >= 11 is 0. The van der Waals surface area contributed by atoms with Crippen molar-refractivity contribution in [3.8, 4) is 0 Å². The van der Waals surface area contributed by atoms with Gasteiger partial charge in [0.05, 0.1) is 6.10 Å². The lowest BCUT2D eigenvalue weighted by molar-refractivity contribution is 0.0426. The van der Waals surface area contributed by atoms with Gasteiger partial charge in [0.15, 0.2) is 0 Å².